The Morgan fingerprint density at radius 3 is 2.78 bits per heavy atom. The Labute approximate surface area is 108 Å². The quantitative estimate of drug-likeness (QED) is 0.785. The Bertz CT molecular complexity index is 384. The second-order valence-electron chi connectivity index (χ2n) is 4.87. The van der Waals surface area contributed by atoms with E-state index in [0.717, 1.165) is 18.5 Å². The van der Waals surface area contributed by atoms with E-state index in [1.54, 1.807) is 12.1 Å². The second kappa shape index (κ2) is 6.71. The molecule has 0 aromatic heterocycles. The van der Waals surface area contributed by atoms with Crippen LogP contribution in [-0.4, -0.2) is 30.4 Å². The summed E-state index contributed by atoms with van der Waals surface area (Å²) in [5.41, 5.74) is 0.394. The van der Waals surface area contributed by atoms with Gasteiger partial charge in [0.05, 0.1) is 12.1 Å². The van der Waals surface area contributed by atoms with Crippen molar-refractivity contribution in [2.75, 3.05) is 19.8 Å². The van der Waals surface area contributed by atoms with Crippen LogP contribution < -0.4 is 10.1 Å². The molecular weight excluding hydrogens is 233 g/mol. The van der Waals surface area contributed by atoms with Crippen molar-refractivity contribution in [2.45, 2.75) is 32.7 Å². The summed E-state index contributed by atoms with van der Waals surface area (Å²) >= 11 is 0. The monoisotopic (exact) mass is 255 g/mol. The number of halogens is 1. The van der Waals surface area contributed by atoms with E-state index >= 15 is 0 Å². The van der Waals surface area contributed by atoms with Gasteiger partial charge in [-0.1, -0.05) is 13.0 Å². The molecule has 0 saturated carbocycles. The van der Waals surface area contributed by atoms with E-state index < -0.39 is 5.54 Å². The minimum absolute atomic E-state index is 0.0551. The molecule has 1 atom stereocenters. The summed E-state index contributed by atoms with van der Waals surface area (Å²) in [5, 5.41) is 12.6. The second-order valence-corrected chi connectivity index (χ2v) is 4.87. The van der Waals surface area contributed by atoms with Crippen LogP contribution >= 0.6 is 0 Å². The molecule has 0 spiro atoms. The Morgan fingerprint density at radius 2 is 2.17 bits per heavy atom. The van der Waals surface area contributed by atoms with Crippen molar-refractivity contribution in [3.05, 3.63) is 29.6 Å². The van der Waals surface area contributed by atoms with Gasteiger partial charge in [0, 0.05) is 0 Å². The van der Waals surface area contributed by atoms with E-state index in [2.05, 4.69) is 5.32 Å². The number of aliphatic hydroxyl groups is 1. The van der Waals surface area contributed by atoms with Crippen molar-refractivity contribution in [3.8, 4) is 5.75 Å². The number of rotatable bonds is 7. The van der Waals surface area contributed by atoms with Crippen LogP contribution in [0.1, 0.15) is 25.8 Å². The molecule has 1 rings (SSSR count). The predicted octanol–water partition coefficient (Wildman–Crippen LogP) is 2.26. The number of hydrogen-bond donors (Lipinski definition) is 2. The molecule has 0 saturated heterocycles. The molecule has 0 aliphatic carbocycles. The van der Waals surface area contributed by atoms with Crippen molar-refractivity contribution in [1.29, 1.82) is 0 Å². The minimum atomic E-state index is -0.549. The van der Waals surface area contributed by atoms with Gasteiger partial charge in [-0.3, -0.25) is 0 Å². The SMILES string of the molecule is CCCNC(C)(CO)COc1cc(C)ccc1F. The summed E-state index contributed by atoms with van der Waals surface area (Å²) in [6.45, 7) is 6.75. The van der Waals surface area contributed by atoms with Crippen molar-refractivity contribution < 1.29 is 14.2 Å². The van der Waals surface area contributed by atoms with Gasteiger partial charge in [-0.15, -0.1) is 0 Å². The minimum Gasteiger partial charge on any atom is -0.488 e. The Balaban J connectivity index is 2.64. The summed E-state index contributed by atoms with van der Waals surface area (Å²) in [6.07, 6.45) is 0.967. The molecule has 1 aromatic rings. The molecule has 2 N–H and O–H groups in total. The highest BCUT2D eigenvalue weighted by Crippen LogP contribution is 2.19. The molecule has 1 aromatic carbocycles. The molecule has 0 amide bonds. The first kappa shape index (κ1) is 14.9. The number of aryl methyl sites for hydroxylation is 1. The van der Waals surface area contributed by atoms with Crippen molar-refractivity contribution >= 4 is 0 Å². The number of nitrogens with one attached hydrogen (secondary N) is 1. The van der Waals surface area contributed by atoms with Crippen LogP contribution in [0.4, 0.5) is 4.39 Å². The third-order valence-electron chi connectivity index (χ3n) is 2.78. The topological polar surface area (TPSA) is 41.5 Å². The lowest BCUT2D eigenvalue weighted by molar-refractivity contribution is 0.114. The third-order valence-corrected chi connectivity index (χ3v) is 2.78. The van der Waals surface area contributed by atoms with E-state index in [9.17, 15) is 9.50 Å². The molecule has 4 heteroatoms. The van der Waals surface area contributed by atoms with E-state index in [1.807, 2.05) is 20.8 Å². The standard InChI is InChI=1S/C14H22FNO2/c1-4-7-16-14(3,9-17)10-18-13-8-11(2)5-6-12(13)15/h5-6,8,16-17H,4,7,9-10H2,1-3H3. The molecule has 3 nitrogen and oxygen atoms in total. The highest BCUT2D eigenvalue weighted by molar-refractivity contribution is 5.29. The maximum absolute atomic E-state index is 13.5. The average molecular weight is 255 g/mol. The number of benzene rings is 1. The normalized spacial score (nSPS) is 14.3. The van der Waals surface area contributed by atoms with Crippen LogP contribution in [0.2, 0.25) is 0 Å². The molecule has 0 heterocycles. The predicted molar refractivity (Wildman–Crippen MR) is 70.4 cm³/mol. The van der Waals surface area contributed by atoms with E-state index in [0.29, 0.717) is 0 Å². The Morgan fingerprint density at radius 1 is 1.44 bits per heavy atom. The lowest BCUT2D eigenvalue weighted by Gasteiger charge is -2.28. The molecule has 18 heavy (non-hydrogen) atoms. The van der Waals surface area contributed by atoms with Crippen molar-refractivity contribution in [3.63, 3.8) is 0 Å². The van der Waals surface area contributed by atoms with Gasteiger partial charge in [0.1, 0.15) is 6.61 Å². The van der Waals surface area contributed by atoms with E-state index in [4.69, 9.17) is 4.74 Å². The molecule has 0 fully saturated rings. The smallest absolute Gasteiger partial charge is 0.165 e. The summed E-state index contributed by atoms with van der Waals surface area (Å²) in [7, 11) is 0. The first-order valence-electron chi connectivity index (χ1n) is 6.25. The van der Waals surface area contributed by atoms with Gasteiger partial charge in [-0.2, -0.15) is 0 Å². The molecule has 0 bridgehead atoms. The highest BCUT2D eigenvalue weighted by Gasteiger charge is 2.23. The lowest BCUT2D eigenvalue weighted by Crippen LogP contribution is -2.50. The largest absolute Gasteiger partial charge is 0.488 e. The number of ether oxygens (including phenoxy) is 1. The van der Waals surface area contributed by atoms with Gasteiger partial charge in [0.25, 0.3) is 0 Å². The van der Waals surface area contributed by atoms with Crippen LogP contribution in [-0.2, 0) is 0 Å². The third kappa shape index (κ3) is 4.27. The fourth-order valence-electron chi connectivity index (χ4n) is 1.54. The molecule has 102 valence electrons. The summed E-state index contributed by atoms with van der Waals surface area (Å²) < 4.78 is 19.0. The van der Waals surface area contributed by atoms with Crippen LogP contribution in [0.15, 0.2) is 18.2 Å². The summed E-state index contributed by atoms with van der Waals surface area (Å²) in [5.74, 6) is -0.149. The van der Waals surface area contributed by atoms with Gasteiger partial charge >= 0.3 is 0 Å². The Hall–Kier alpha value is -1.13. The molecule has 0 aliphatic heterocycles. The molecular formula is C14H22FNO2. The van der Waals surface area contributed by atoms with Crippen molar-refractivity contribution in [1.82, 2.24) is 5.32 Å². The average Bonchev–Trinajstić information content (AvgIpc) is 2.37. The van der Waals surface area contributed by atoms with Crippen molar-refractivity contribution in [2.24, 2.45) is 0 Å². The van der Waals surface area contributed by atoms with Gasteiger partial charge in [-0.25, -0.2) is 4.39 Å². The van der Waals surface area contributed by atoms with E-state index in [1.165, 1.54) is 6.07 Å². The maximum atomic E-state index is 13.5. The number of aliphatic hydroxyl groups excluding tert-OH is 1. The van der Waals surface area contributed by atoms with Crippen LogP contribution in [0.25, 0.3) is 0 Å². The van der Waals surface area contributed by atoms with Gasteiger partial charge in [-0.05, 0) is 44.5 Å². The molecule has 0 aliphatic rings. The van der Waals surface area contributed by atoms with Gasteiger partial charge in [0.2, 0.25) is 0 Å². The first-order valence-corrected chi connectivity index (χ1v) is 6.25. The molecule has 1 unspecified atom stereocenters. The maximum Gasteiger partial charge on any atom is 0.165 e. The number of hydrogen-bond acceptors (Lipinski definition) is 3. The van der Waals surface area contributed by atoms with Crippen LogP contribution in [0.3, 0.4) is 0 Å². The fourth-order valence-corrected chi connectivity index (χ4v) is 1.54. The zero-order valence-corrected chi connectivity index (χ0v) is 11.3. The van der Waals surface area contributed by atoms with E-state index in [-0.39, 0.29) is 24.8 Å². The molecule has 0 radical (unpaired) electrons. The lowest BCUT2D eigenvalue weighted by atomic mass is 10.1. The van der Waals surface area contributed by atoms with Crippen LogP contribution in [0.5, 0.6) is 5.75 Å². The zero-order valence-electron chi connectivity index (χ0n) is 11.3. The first-order chi connectivity index (χ1) is 8.50. The van der Waals surface area contributed by atoms with Gasteiger partial charge in [0.15, 0.2) is 11.6 Å². The highest BCUT2D eigenvalue weighted by atomic mass is 19.1. The van der Waals surface area contributed by atoms with Gasteiger partial charge < -0.3 is 15.2 Å². The Kier molecular flexibility index (Phi) is 5.56. The fraction of sp³-hybridized carbons (Fsp3) is 0.571. The van der Waals surface area contributed by atoms with Crippen LogP contribution in [0, 0.1) is 12.7 Å². The summed E-state index contributed by atoms with van der Waals surface area (Å²) in [4.78, 5) is 0. The zero-order chi connectivity index (χ0) is 13.6. The summed E-state index contributed by atoms with van der Waals surface area (Å²) in [6, 6.07) is 4.75.